The number of para-hydroxylation sites is 1. The number of aromatic nitrogens is 1. The van der Waals surface area contributed by atoms with Crippen molar-refractivity contribution in [2.24, 2.45) is 0 Å². The largest absolute Gasteiger partial charge is 0.368 e. The minimum Gasteiger partial charge on any atom is -0.368 e. The number of hydrogen-bond donors (Lipinski definition) is 1. The molecule has 1 atom stereocenters. The monoisotopic (exact) mass is 381 g/mol. The van der Waals surface area contributed by atoms with Gasteiger partial charge in [-0.3, -0.25) is 9.59 Å². The molecule has 2 amide bonds. The van der Waals surface area contributed by atoms with Crippen LogP contribution in [0.15, 0.2) is 24.3 Å². The molecule has 4 heterocycles. The van der Waals surface area contributed by atoms with E-state index in [1.54, 1.807) is 11.8 Å². The minimum absolute atomic E-state index is 0.00246. The second-order valence-corrected chi connectivity index (χ2v) is 8.31. The molecule has 0 aliphatic carbocycles. The average Bonchev–Trinajstić information content (AvgIpc) is 3.34. The van der Waals surface area contributed by atoms with Gasteiger partial charge in [0.1, 0.15) is 11.6 Å². The maximum Gasteiger partial charge on any atom is 0.245 e. The van der Waals surface area contributed by atoms with Crippen LogP contribution in [0.5, 0.6) is 0 Å². The van der Waals surface area contributed by atoms with Crippen molar-refractivity contribution in [2.75, 3.05) is 26.2 Å². The van der Waals surface area contributed by atoms with Crippen molar-refractivity contribution < 1.29 is 14.3 Å². The van der Waals surface area contributed by atoms with Gasteiger partial charge in [0, 0.05) is 37.5 Å². The second-order valence-electron chi connectivity index (χ2n) is 8.31. The van der Waals surface area contributed by atoms with Crippen molar-refractivity contribution >= 4 is 22.7 Å². The molecule has 1 N–H and O–H groups in total. The highest BCUT2D eigenvalue weighted by atomic mass is 16.5. The van der Waals surface area contributed by atoms with Crippen LogP contribution in [-0.2, 0) is 26.3 Å². The number of piperidine rings is 1. The zero-order valence-corrected chi connectivity index (χ0v) is 16.4. The first-order valence-electron chi connectivity index (χ1n) is 10.4. The number of nitrogens with zero attached hydrogens (tertiary/aromatic N) is 2. The molecular weight excluding hydrogens is 354 g/mol. The Labute approximate surface area is 164 Å². The lowest BCUT2D eigenvalue weighted by Gasteiger charge is -2.44. The number of hydrogen-bond acceptors (Lipinski definition) is 3. The highest BCUT2D eigenvalue weighted by Gasteiger charge is 2.45. The molecule has 1 aromatic heterocycles. The van der Waals surface area contributed by atoms with Crippen molar-refractivity contribution in [3.8, 4) is 0 Å². The Bertz CT molecular complexity index is 926. The molecule has 2 fully saturated rings. The van der Waals surface area contributed by atoms with Gasteiger partial charge in [0.05, 0.1) is 12.3 Å². The van der Waals surface area contributed by atoms with Gasteiger partial charge in [-0.25, -0.2) is 0 Å². The Hall–Kier alpha value is -2.34. The number of likely N-dealkylation sites (tertiary alicyclic amines) is 2. The molecule has 5 rings (SSSR count). The van der Waals surface area contributed by atoms with Gasteiger partial charge in [0.25, 0.3) is 0 Å². The Balaban J connectivity index is 1.37. The van der Waals surface area contributed by atoms with E-state index in [1.807, 2.05) is 4.90 Å². The molecule has 1 aromatic carbocycles. The summed E-state index contributed by atoms with van der Waals surface area (Å²) < 4.78 is 6.34. The van der Waals surface area contributed by atoms with Crippen LogP contribution in [0.2, 0.25) is 0 Å². The Morgan fingerprint density at radius 2 is 1.96 bits per heavy atom. The summed E-state index contributed by atoms with van der Waals surface area (Å²) in [5.41, 5.74) is 3.43. The van der Waals surface area contributed by atoms with Gasteiger partial charge in [-0.05, 0) is 43.7 Å². The Morgan fingerprint density at radius 3 is 2.75 bits per heavy atom. The molecule has 6 nitrogen and oxygen atoms in total. The normalized spacial score (nSPS) is 24.0. The number of carbonyl (C=O) groups excluding carboxylic acids is 2. The Kier molecular flexibility index (Phi) is 4.19. The molecule has 28 heavy (non-hydrogen) atoms. The number of benzene rings is 1. The zero-order valence-electron chi connectivity index (χ0n) is 16.4. The third-order valence-corrected chi connectivity index (χ3v) is 6.82. The number of ether oxygens (including phenoxy) is 1. The third kappa shape index (κ3) is 2.65. The number of H-pyrrole nitrogens is 1. The second kappa shape index (κ2) is 6.62. The van der Waals surface area contributed by atoms with Crippen molar-refractivity contribution in [3.05, 3.63) is 35.5 Å². The summed E-state index contributed by atoms with van der Waals surface area (Å²) in [6, 6.07) is 8.17. The van der Waals surface area contributed by atoms with E-state index in [4.69, 9.17) is 4.74 Å². The number of fused-ring (bicyclic) bond motifs is 4. The lowest BCUT2D eigenvalue weighted by molar-refractivity contribution is -0.149. The fraction of sp³-hybridized carbons (Fsp3) is 0.545. The van der Waals surface area contributed by atoms with Crippen LogP contribution in [0.3, 0.4) is 0 Å². The molecule has 0 radical (unpaired) electrons. The predicted molar refractivity (Wildman–Crippen MR) is 106 cm³/mol. The van der Waals surface area contributed by atoms with Crippen LogP contribution < -0.4 is 0 Å². The summed E-state index contributed by atoms with van der Waals surface area (Å²) in [5, 5.41) is 1.29. The predicted octanol–water partition coefficient (Wildman–Crippen LogP) is 2.57. The Morgan fingerprint density at radius 1 is 1.18 bits per heavy atom. The molecule has 6 heteroatoms. The van der Waals surface area contributed by atoms with E-state index >= 15 is 0 Å². The summed E-state index contributed by atoms with van der Waals surface area (Å²) >= 11 is 0. The van der Waals surface area contributed by atoms with E-state index < -0.39 is 0 Å². The molecular formula is C22H27N3O3. The molecule has 1 spiro atoms. The van der Waals surface area contributed by atoms with Crippen molar-refractivity contribution in [1.29, 1.82) is 0 Å². The van der Waals surface area contributed by atoms with E-state index in [-0.39, 0.29) is 23.5 Å². The topological polar surface area (TPSA) is 65.6 Å². The summed E-state index contributed by atoms with van der Waals surface area (Å²) in [5.74, 6) is 0.109. The van der Waals surface area contributed by atoms with Crippen LogP contribution in [0.1, 0.15) is 43.9 Å². The molecule has 3 aliphatic rings. The number of carbonyl (C=O) groups is 2. The van der Waals surface area contributed by atoms with E-state index in [1.165, 1.54) is 22.2 Å². The van der Waals surface area contributed by atoms with Gasteiger partial charge in [-0.15, -0.1) is 0 Å². The first kappa shape index (κ1) is 17.7. The molecule has 148 valence electrons. The van der Waals surface area contributed by atoms with Gasteiger partial charge in [-0.2, -0.15) is 0 Å². The van der Waals surface area contributed by atoms with Gasteiger partial charge < -0.3 is 19.5 Å². The average molecular weight is 381 g/mol. The quantitative estimate of drug-likeness (QED) is 0.826. The maximum absolute atomic E-state index is 13.1. The number of amides is 2. The van der Waals surface area contributed by atoms with Crippen molar-refractivity contribution in [2.45, 2.75) is 50.7 Å². The van der Waals surface area contributed by atoms with Crippen LogP contribution >= 0.6 is 0 Å². The first-order valence-corrected chi connectivity index (χ1v) is 10.4. The van der Waals surface area contributed by atoms with E-state index in [0.717, 1.165) is 38.7 Å². The zero-order chi connectivity index (χ0) is 19.3. The van der Waals surface area contributed by atoms with Gasteiger partial charge in [-0.1, -0.05) is 18.2 Å². The molecule has 0 unspecified atom stereocenters. The highest BCUT2D eigenvalue weighted by Crippen LogP contribution is 2.43. The lowest BCUT2D eigenvalue weighted by atomic mass is 9.83. The standard InChI is InChI=1S/C22H27N3O3/c1-15(26)25-11-4-7-19(25)21(27)24-12-9-22(10-13-24)20-17(8-14-28-22)16-5-2-3-6-18(16)23-20/h2-3,5-6,19,23H,4,7-14H2,1H3/t19-/m0/s1. The van der Waals surface area contributed by atoms with Crippen LogP contribution in [0.25, 0.3) is 10.9 Å². The first-order chi connectivity index (χ1) is 13.6. The number of aromatic amines is 1. The summed E-state index contributed by atoms with van der Waals surface area (Å²) in [7, 11) is 0. The van der Waals surface area contributed by atoms with Gasteiger partial charge >= 0.3 is 0 Å². The fourth-order valence-electron chi connectivity index (χ4n) is 5.36. The molecule has 2 aromatic rings. The molecule has 0 saturated carbocycles. The summed E-state index contributed by atoms with van der Waals surface area (Å²) in [6.45, 7) is 4.34. The SMILES string of the molecule is CC(=O)N1CCC[C@H]1C(=O)N1CCC2(CC1)OCCc1c2[nH]c2ccccc12. The maximum atomic E-state index is 13.1. The smallest absolute Gasteiger partial charge is 0.245 e. The molecule has 2 saturated heterocycles. The van der Waals surface area contributed by atoms with Crippen molar-refractivity contribution in [1.82, 2.24) is 14.8 Å². The van der Waals surface area contributed by atoms with Crippen molar-refractivity contribution in [3.63, 3.8) is 0 Å². The van der Waals surface area contributed by atoms with E-state index in [2.05, 4.69) is 29.2 Å². The highest BCUT2D eigenvalue weighted by molar-refractivity contribution is 5.88. The van der Waals surface area contributed by atoms with Crippen LogP contribution in [-0.4, -0.2) is 58.9 Å². The fourth-order valence-corrected chi connectivity index (χ4v) is 5.36. The number of nitrogens with one attached hydrogen (secondary N) is 1. The van der Waals surface area contributed by atoms with Gasteiger partial charge in [0.15, 0.2) is 0 Å². The third-order valence-electron chi connectivity index (χ3n) is 6.82. The lowest BCUT2D eigenvalue weighted by Crippen LogP contribution is -2.53. The van der Waals surface area contributed by atoms with Gasteiger partial charge in [0.2, 0.25) is 11.8 Å². The van der Waals surface area contributed by atoms with Crippen LogP contribution in [0, 0.1) is 0 Å². The minimum atomic E-state index is -0.320. The molecule has 3 aliphatic heterocycles. The summed E-state index contributed by atoms with van der Waals surface area (Å²) in [4.78, 5) is 32.2. The number of rotatable bonds is 1. The van der Waals surface area contributed by atoms with E-state index in [0.29, 0.717) is 19.6 Å². The molecule has 0 bridgehead atoms. The summed E-state index contributed by atoms with van der Waals surface area (Å²) in [6.07, 6.45) is 4.22. The van der Waals surface area contributed by atoms with Crippen LogP contribution in [0.4, 0.5) is 0 Å². The van der Waals surface area contributed by atoms with E-state index in [9.17, 15) is 9.59 Å².